The van der Waals surface area contributed by atoms with Gasteiger partial charge in [0.15, 0.2) is 0 Å². The molecule has 0 saturated heterocycles. The van der Waals surface area contributed by atoms with Crippen molar-refractivity contribution < 1.29 is 14.5 Å². The van der Waals surface area contributed by atoms with Crippen molar-refractivity contribution in [1.29, 1.82) is 0 Å². The minimum Gasteiger partial charge on any atom is -0.457 e. The SMILES string of the molecule is NCc1cccc(Oc2ccc([N+](=O)[O-])cc2C(N)=O)c1. The summed E-state index contributed by atoms with van der Waals surface area (Å²) in [6, 6.07) is 10.7. The van der Waals surface area contributed by atoms with E-state index in [0.29, 0.717) is 12.3 Å². The highest BCUT2D eigenvalue weighted by Crippen LogP contribution is 2.28. The predicted octanol–water partition coefficient (Wildman–Crippen LogP) is 1.94. The van der Waals surface area contributed by atoms with Gasteiger partial charge >= 0.3 is 0 Å². The molecule has 2 aromatic carbocycles. The number of carbonyl (C=O) groups is 1. The molecule has 0 aliphatic carbocycles. The van der Waals surface area contributed by atoms with Gasteiger partial charge in [-0.25, -0.2) is 0 Å². The summed E-state index contributed by atoms with van der Waals surface area (Å²) in [6.45, 7) is 0.347. The van der Waals surface area contributed by atoms with Crippen molar-refractivity contribution in [2.24, 2.45) is 11.5 Å². The van der Waals surface area contributed by atoms with E-state index in [4.69, 9.17) is 16.2 Å². The zero-order valence-electron chi connectivity index (χ0n) is 11.0. The van der Waals surface area contributed by atoms with E-state index in [0.717, 1.165) is 11.6 Å². The van der Waals surface area contributed by atoms with Crippen LogP contribution in [-0.4, -0.2) is 10.8 Å². The van der Waals surface area contributed by atoms with Gasteiger partial charge in [-0.2, -0.15) is 0 Å². The minimum atomic E-state index is -0.802. The molecule has 0 aliphatic rings. The van der Waals surface area contributed by atoms with E-state index in [1.807, 2.05) is 6.07 Å². The van der Waals surface area contributed by atoms with E-state index in [-0.39, 0.29) is 17.0 Å². The Morgan fingerprint density at radius 2 is 2.00 bits per heavy atom. The van der Waals surface area contributed by atoms with Crippen LogP contribution in [0, 0.1) is 10.1 Å². The maximum absolute atomic E-state index is 11.4. The Labute approximate surface area is 120 Å². The number of hydrogen-bond acceptors (Lipinski definition) is 5. The predicted molar refractivity (Wildman–Crippen MR) is 76.0 cm³/mol. The number of hydrogen-bond donors (Lipinski definition) is 2. The van der Waals surface area contributed by atoms with E-state index in [9.17, 15) is 14.9 Å². The molecule has 0 heterocycles. The van der Waals surface area contributed by atoms with E-state index in [2.05, 4.69) is 0 Å². The second-order valence-corrected chi connectivity index (χ2v) is 4.26. The van der Waals surface area contributed by atoms with Crippen LogP contribution in [0.25, 0.3) is 0 Å². The minimum absolute atomic E-state index is 0.0534. The highest BCUT2D eigenvalue weighted by atomic mass is 16.6. The lowest BCUT2D eigenvalue weighted by Crippen LogP contribution is -2.12. The molecule has 2 rings (SSSR count). The molecule has 21 heavy (non-hydrogen) atoms. The third-order valence-electron chi connectivity index (χ3n) is 2.80. The lowest BCUT2D eigenvalue weighted by Gasteiger charge is -2.10. The first-order chi connectivity index (χ1) is 10.0. The molecule has 0 saturated carbocycles. The zero-order valence-corrected chi connectivity index (χ0v) is 11.0. The van der Waals surface area contributed by atoms with Gasteiger partial charge in [0.25, 0.3) is 11.6 Å². The van der Waals surface area contributed by atoms with Crippen LogP contribution in [0.15, 0.2) is 42.5 Å². The van der Waals surface area contributed by atoms with Crippen molar-refractivity contribution in [3.05, 3.63) is 63.7 Å². The normalized spacial score (nSPS) is 10.1. The van der Waals surface area contributed by atoms with Gasteiger partial charge in [0.05, 0.1) is 10.5 Å². The molecule has 0 bridgehead atoms. The number of carbonyl (C=O) groups excluding carboxylic acids is 1. The van der Waals surface area contributed by atoms with E-state index >= 15 is 0 Å². The van der Waals surface area contributed by atoms with Crippen LogP contribution in [-0.2, 0) is 6.54 Å². The number of non-ortho nitro benzene ring substituents is 1. The fourth-order valence-corrected chi connectivity index (χ4v) is 1.78. The Bertz CT molecular complexity index is 700. The summed E-state index contributed by atoms with van der Waals surface area (Å²) in [5, 5.41) is 10.7. The molecular weight excluding hydrogens is 274 g/mol. The van der Waals surface area contributed by atoms with Crippen LogP contribution in [0.1, 0.15) is 15.9 Å². The van der Waals surface area contributed by atoms with Crippen molar-refractivity contribution in [3.63, 3.8) is 0 Å². The maximum atomic E-state index is 11.4. The number of benzene rings is 2. The van der Waals surface area contributed by atoms with Gasteiger partial charge in [0.1, 0.15) is 11.5 Å². The Hall–Kier alpha value is -2.93. The average molecular weight is 287 g/mol. The molecule has 0 atom stereocenters. The van der Waals surface area contributed by atoms with E-state index in [1.54, 1.807) is 18.2 Å². The first kappa shape index (κ1) is 14.5. The standard InChI is InChI=1S/C14H13N3O4/c15-8-9-2-1-3-11(6-9)21-13-5-4-10(17(19)20)7-12(13)14(16)18/h1-7H,8,15H2,(H2,16,18). The third kappa shape index (κ3) is 3.34. The number of nitrogens with two attached hydrogens (primary N) is 2. The van der Waals surface area contributed by atoms with Crippen molar-refractivity contribution >= 4 is 11.6 Å². The number of nitro groups is 1. The quantitative estimate of drug-likeness (QED) is 0.642. The van der Waals surface area contributed by atoms with Crippen molar-refractivity contribution in [2.45, 2.75) is 6.54 Å². The lowest BCUT2D eigenvalue weighted by molar-refractivity contribution is -0.384. The van der Waals surface area contributed by atoms with Crippen LogP contribution in [0.2, 0.25) is 0 Å². The van der Waals surface area contributed by atoms with Crippen LogP contribution in [0.3, 0.4) is 0 Å². The van der Waals surface area contributed by atoms with Crippen molar-refractivity contribution in [2.75, 3.05) is 0 Å². The van der Waals surface area contributed by atoms with Gasteiger partial charge in [0, 0.05) is 18.7 Å². The second kappa shape index (κ2) is 6.02. The second-order valence-electron chi connectivity index (χ2n) is 4.26. The molecule has 7 nitrogen and oxygen atoms in total. The van der Waals surface area contributed by atoms with Gasteiger partial charge in [-0.3, -0.25) is 14.9 Å². The summed E-state index contributed by atoms with van der Waals surface area (Å²) in [5.74, 6) is -0.180. The van der Waals surface area contributed by atoms with Gasteiger partial charge in [0.2, 0.25) is 0 Å². The first-order valence-corrected chi connectivity index (χ1v) is 6.06. The molecule has 7 heteroatoms. The molecule has 1 amide bonds. The summed E-state index contributed by atoms with van der Waals surface area (Å²) in [4.78, 5) is 21.5. The summed E-state index contributed by atoms with van der Waals surface area (Å²) < 4.78 is 5.57. The number of nitro benzene ring substituents is 1. The molecule has 0 aliphatic heterocycles. The largest absolute Gasteiger partial charge is 0.457 e. The number of primary amides is 1. The fourth-order valence-electron chi connectivity index (χ4n) is 1.78. The highest BCUT2D eigenvalue weighted by Gasteiger charge is 2.16. The molecule has 0 fully saturated rings. The zero-order chi connectivity index (χ0) is 15.4. The number of ether oxygens (including phenoxy) is 1. The van der Waals surface area contributed by atoms with Crippen LogP contribution in [0.4, 0.5) is 5.69 Å². The van der Waals surface area contributed by atoms with Gasteiger partial charge in [-0.05, 0) is 23.8 Å². The number of rotatable bonds is 5. The third-order valence-corrected chi connectivity index (χ3v) is 2.80. The monoisotopic (exact) mass is 287 g/mol. The molecule has 4 N–H and O–H groups in total. The Morgan fingerprint density at radius 3 is 2.62 bits per heavy atom. The van der Waals surface area contributed by atoms with Crippen molar-refractivity contribution in [1.82, 2.24) is 0 Å². The Kier molecular flexibility index (Phi) is 4.15. The van der Waals surface area contributed by atoms with Gasteiger partial charge in [-0.15, -0.1) is 0 Å². The fraction of sp³-hybridized carbons (Fsp3) is 0.0714. The number of nitrogens with zero attached hydrogens (tertiary/aromatic N) is 1. The number of amides is 1. The first-order valence-electron chi connectivity index (χ1n) is 6.06. The average Bonchev–Trinajstić information content (AvgIpc) is 2.47. The summed E-state index contributed by atoms with van der Waals surface area (Å²) in [6.07, 6.45) is 0. The Balaban J connectivity index is 2.38. The summed E-state index contributed by atoms with van der Waals surface area (Å²) in [7, 11) is 0. The molecule has 0 radical (unpaired) electrons. The molecule has 2 aromatic rings. The molecule has 0 unspecified atom stereocenters. The molecule has 0 aromatic heterocycles. The van der Waals surface area contributed by atoms with Crippen LogP contribution in [0.5, 0.6) is 11.5 Å². The molecule has 108 valence electrons. The van der Waals surface area contributed by atoms with E-state index < -0.39 is 10.8 Å². The topological polar surface area (TPSA) is 121 Å². The van der Waals surface area contributed by atoms with Gasteiger partial charge < -0.3 is 16.2 Å². The summed E-state index contributed by atoms with van der Waals surface area (Å²) in [5.41, 5.74) is 11.3. The van der Waals surface area contributed by atoms with E-state index in [1.165, 1.54) is 12.1 Å². The summed E-state index contributed by atoms with van der Waals surface area (Å²) >= 11 is 0. The lowest BCUT2D eigenvalue weighted by atomic mass is 10.1. The molecule has 0 spiro atoms. The molecular formula is C14H13N3O4. The van der Waals surface area contributed by atoms with Crippen molar-refractivity contribution in [3.8, 4) is 11.5 Å². The smallest absolute Gasteiger partial charge is 0.270 e. The highest BCUT2D eigenvalue weighted by molar-refractivity contribution is 5.96. The van der Waals surface area contributed by atoms with Gasteiger partial charge in [-0.1, -0.05) is 12.1 Å². The van der Waals surface area contributed by atoms with Crippen LogP contribution >= 0.6 is 0 Å². The maximum Gasteiger partial charge on any atom is 0.270 e. The Morgan fingerprint density at radius 1 is 1.24 bits per heavy atom. The van der Waals surface area contributed by atoms with Crippen LogP contribution < -0.4 is 16.2 Å².